The molecule has 2 aromatic heterocycles. The second-order valence-electron chi connectivity index (χ2n) is 3.00. The average molecular weight is 187 g/mol. The molecule has 2 heterocycles. The third-order valence-electron chi connectivity index (χ3n) is 2.12. The predicted octanol–water partition coefficient (Wildman–Crippen LogP) is 1.45. The Morgan fingerprint density at radius 2 is 2.36 bits per heavy atom. The lowest BCUT2D eigenvalue weighted by atomic mass is 10.2. The van der Waals surface area contributed by atoms with Crippen LogP contribution in [0.25, 0.3) is 11.0 Å². The Hall–Kier alpha value is -2.02. The molecule has 0 radical (unpaired) electrons. The third-order valence-corrected chi connectivity index (χ3v) is 2.12. The number of pyridine rings is 1. The van der Waals surface area contributed by atoms with Crippen molar-refractivity contribution >= 4 is 11.0 Å². The Morgan fingerprint density at radius 1 is 1.57 bits per heavy atom. The maximum atomic E-state index is 8.84. The summed E-state index contributed by atoms with van der Waals surface area (Å²) in [6, 6.07) is 5.75. The molecule has 4 nitrogen and oxygen atoms in total. The molecular weight excluding hydrogens is 178 g/mol. The van der Waals surface area contributed by atoms with Gasteiger partial charge in [-0.1, -0.05) is 0 Å². The van der Waals surface area contributed by atoms with Gasteiger partial charge in [0.1, 0.15) is 17.3 Å². The summed E-state index contributed by atoms with van der Waals surface area (Å²) in [4.78, 5) is 4.24. The molecule has 0 saturated heterocycles. The summed E-state index contributed by atoms with van der Waals surface area (Å²) >= 11 is 0. The molecule has 0 aromatic carbocycles. The quantitative estimate of drug-likeness (QED) is 0.679. The van der Waals surface area contributed by atoms with Gasteiger partial charge in [-0.05, 0) is 12.1 Å². The van der Waals surface area contributed by atoms with Crippen LogP contribution in [-0.2, 0) is 7.05 Å². The molecule has 2 aromatic rings. The first-order chi connectivity index (χ1) is 6.76. The number of methoxy groups -OCH3 is 1. The van der Waals surface area contributed by atoms with E-state index in [2.05, 4.69) is 11.1 Å². The van der Waals surface area contributed by atoms with E-state index in [4.69, 9.17) is 10.00 Å². The van der Waals surface area contributed by atoms with Crippen LogP contribution in [0.4, 0.5) is 0 Å². The van der Waals surface area contributed by atoms with Gasteiger partial charge in [0.2, 0.25) is 5.88 Å². The third kappa shape index (κ3) is 1.11. The number of ether oxygens (including phenoxy) is 1. The standard InChI is InChI=1S/C10H9N3O/c1-13-4-3-7-5-8(6-11)10(14-2)12-9(7)13/h3-5H,1-2H3. The molecule has 0 unspecified atom stereocenters. The van der Waals surface area contributed by atoms with E-state index >= 15 is 0 Å². The molecule has 0 aliphatic heterocycles. The number of aromatic nitrogens is 2. The minimum Gasteiger partial charge on any atom is -0.480 e. The van der Waals surface area contributed by atoms with Crippen LogP contribution in [-0.4, -0.2) is 16.7 Å². The van der Waals surface area contributed by atoms with Gasteiger partial charge in [0, 0.05) is 18.6 Å². The van der Waals surface area contributed by atoms with Gasteiger partial charge in [-0.25, -0.2) is 0 Å². The maximum Gasteiger partial charge on any atom is 0.233 e. The van der Waals surface area contributed by atoms with Crippen molar-refractivity contribution in [2.45, 2.75) is 0 Å². The molecule has 0 aliphatic carbocycles. The first-order valence-electron chi connectivity index (χ1n) is 4.16. The van der Waals surface area contributed by atoms with E-state index < -0.39 is 0 Å². The van der Waals surface area contributed by atoms with Crippen LogP contribution in [0.5, 0.6) is 5.88 Å². The van der Waals surface area contributed by atoms with Crippen molar-refractivity contribution in [3.8, 4) is 11.9 Å². The molecule has 0 bridgehead atoms. The molecule has 0 aliphatic rings. The highest BCUT2D eigenvalue weighted by Crippen LogP contribution is 2.21. The molecule has 0 amide bonds. The lowest BCUT2D eigenvalue weighted by molar-refractivity contribution is 0.397. The Balaban J connectivity index is 2.79. The lowest BCUT2D eigenvalue weighted by Gasteiger charge is -2.02. The number of fused-ring (bicyclic) bond motifs is 1. The highest BCUT2D eigenvalue weighted by molar-refractivity contribution is 5.78. The van der Waals surface area contributed by atoms with Gasteiger partial charge in [0.15, 0.2) is 0 Å². The molecule has 2 rings (SSSR count). The van der Waals surface area contributed by atoms with Gasteiger partial charge >= 0.3 is 0 Å². The summed E-state index contributed by atoms with van der Waals surface area (Å²) in [5.74, 6) is 0.377. The minimum atomic E-state index is 0.377. The molecular formula is C10H9N3O. The fourth-order valence-electron chi connectivity index (χ4n) is 1.41. The van der Waals surface area contributed by atoms with Crippen molar-refractivity contribution in [3.63, 3.8) is 0 Å². The van der Waals surface area contributed by atoms with Crippen LogP contribution in [0, 0.1) is 11.3 Å². The van der Waals surface area contributed by atoms with Crippen molar-refractivity contribution in [1.29, 1.82) is 5.26 Å². The van der Waals surface area contributed by atoms with E-state index in [1.54, 1.807) is 6.07 Å². The van der Waals surface area contributed by atoms with Gasteiger partial charge in [0.25, 0.3) is 0 Å². The Morgan fingerprint density at radius 3 is 3.00 bits per heavy atom. The van der Waals surface area contributed by atoms with Crippen LogP contribution in [0.2, 0.25) is 0 Å². The average Bonchev–Trinajstić information content (AvgIpc) is 2.58. The molecule has 14 heavy (non-hydrogen) atoms. The van der Waals surface area contributed by atoms with Crippen LogP contribution in [0.15, 0.2) is 18.3 Å². The van der Waals surface area contributed by atoms with E-state index in [1.165, 1.54) is 7.11 Å². The maximum absolute atomic E-state index is 8.84. The molecule has 0 N–H and O–H groups in total. The summed E-state index contributed by atoms with van der Waals surface area (Å²) in [7, 11) is 3.42. The minimum absolute atomic E-state index is 0.377. The van der Waals surface area contributed by atoms with Crippen molar-refractivity contribution < 1.29 is 4.74 Å². The number of nitriles is 1. The van der Waals surface area contributed by atoms with E-state index in [9.17, 15) is 0 Å². The summed E-state index contributed by atoms with van der Waals surface area (Å²) in [5.41, 5.74) is 1.28. The van der Waals surface area contributed by atoms with E-state index in [0.717, 1.165) is 11.0 Å². The van der Waals surface area contributed by atoms with Gasteiger partial charge in [-0.3, -0.25) is 0 Å². The van der Waals surface area contributed by atoms with Gasteiger partial charge in [0.05, 0.1) is 7.11 Å². The van der Waals surface area contributed by atoms with E-state index in [-0.39, 0.29) is 0 Å². The molecule has 4 heteroatoms. The number of aryl methyl sites for hydroxylation is 1. The summed E-state index contributed by atoms with van der Waals surface area (Å²) in [6.45, 7) is 0. The zero-order chi connectivity index (χ0) is 10.1. The number of nitrogens with zero attached hydrogens (tertiary/aromatic N) is 3. The molecule has 0 fully saturated rings. The van der Waals surface area contributed by atoms with Gasteiger partial charge in [-0.2, -0.15) is 10.2 Å². The summed E-state index contributed by atoms with van der Waals surface area (Å²) in [6.07, 6.45) is 1.90. The second-order valence-corrected chi connectivity index (χ2v) is 3.00. The van der Waals surface area contributed by atoms with Gasteiger partial charge < -0.3 is 9.30 Å². The van der Waals surface area contributed by atoms with Crippen molar-refractivity contribution in [1.82, 2.24) is 9.55 Å². The van der Waals surface area contributed by atoms with E-state index in [0.29, 0.717) is 11.4 Å². The van der Waals surface area contributed by atoms with Crippen molar-refractivity contribution in [2.24, 2.45) is 7.05 Å². The molecule has 0 spiro atoms. The largest absolute Gasteiger partial charge is 0.480 e. The van der Waals surface area contributed by atoms with Crippen LogP contribution in [0.1, 0.15) is 5.56 Å². The number of hydrogen-bond acceptors (Lipinski definition) is 3. The summed E-state index contributed by atoms with van der Waals surface area (Å²) < 4.78 is 6.91. The first-order valence-corrected chi connectivity index (χ1v) is 4.16. The fourth-order valence-corrected chi connectivity index (χ4v) is 1.41. The van der Waals surface area contributed by atoms with Crippen LogP contribution >= 0.6 is 0 Å². The number of rotatable bonds is 1. The van der Waals surface area contributed by atoms with Crippen molar-refractivity contribution in [3.05, 3.63) is 23.9 Å². The van der Waals surface area contributed by atoms with E-state index in [1.807, 2.05) is 23.9 Å². The SMILES string of the molecule is COc1nc2c(ccn2C)cc1C#N. The highest BCUT2D eigenvalue weighted by atomic mass is 16.5. The molecule has 0 saturated carbocycles. The monoisotopic (exact) mass is 187 g/mol. The van der Waals surface area contributed by atoms with Crippen molar-refractivity contribution in [2.75, 3.05) is 7.11 Å². The van der Waals surface area contributed by atoms with Gasteiger partial charge in [-0.15, -0.1) is 0 Å². The van der Waals surface area contributed by atoms with Crippen LogP contribution in [0.3, 0.4) is 0 Å². The zero-order valence-corrected chi connectivity index (χ0v) is 7.98. The first kappa shape index (κ1) is 8.57. The predicted molar refractivity (Wildman–Crippen MR) is 52.0 cm³/mol. The number of hydrogen-bond donors (Lipinski definition) is 0. The second kappa shape index (κ2) is 3.04. The topological polar surface area (TPSA) is 50.8 Å². The molecule has 0 atom stereocenters. The fraction of sp³-hybridized carbons (Fsp3) is 0.200. The Labute approximate surface area is 81.4 Å². The molecule has 70 valence electrons. The Kier molecular flexibility index (Phi) is 1.86. The smallest absolute Gasteiger partial charge is 0.233 e. The summed E-state index contributed by atoms with van der Waals surface area (Å²) in [5, 5.41) is 9.79. The zero-order valence-electron chi connectivity index (χ0n) is 7.98. The Bertz CT molecular complexity index is 522. The lowest BCUT2D eigenvalue weighted by Crippen LogP contribution is -1.95. The normalized spacial score (nSPS) is 10.1. The van der Waals surface area contributed by atoms with Crippen LogP contribution < -0.4 is 4.74 Å². The highest BCUT2D eigenvalue weighted by Gasteiger charge is 2.08.